The van der Waals surface area contributed by atoms with E-state index in [1.54, 1.807) is 17.9 Å². The lowest BCUT2D eigenvalue weighted by atomic mass is 10.1. The van der Waals surface area contributed by atoms with E-state index in [1.807, 2.05) is 6.92 Å². The molecule has 2 N–H and O–H groups in total. The minimum atomic E-state index is -0.536. The number of nitrogens with zero attached hydrogens (tertiary/aromatic N) is 2. The molecule has 8 heteroatoms. The van der Waals surface area contributed by atoms with E-state index in [9.17, 15) is 19.2 Å². The third-order valence-corrected chi connectivity index (χ3v) is 4.60. The number of amides is 3. The number of aromatic nitrogens is 1. The Bertz CT molecular complexity index is 756. The van der Waals surface area contributed by atoms with Gasteiger partial charge in [-0.25, -0.2) is 0 Å². The number of pyridine rings is 1. The van der Waals surface area contributed by atoms with Gasteiger partial charge in [-0.1, -0.05) is 0 Å². The van der Waals surface area contributed by atoms with Crippen LogP contribution in [0.5, 0.6) is 0 Å². The summed E-state index contributed by atoms with van der Waals surface area (Å²) in [5.74, 6) is -1.35. The van der Waals surface area contributed by atoms with Crippen molar-refractivity contribution in [3.63, 3.8) is 0 Å². The van der Waals surface area contributed by atoms with E-state index in [-0.39, 0.29) is 37.0 Å². The number of rotatable bonds is 2. The number of aryl methyl sites for hydroxylation is 2. The van der Waals surface area contributed by atoms with Crippen molar-refractivity contribution in [2.45, 2.75) is 20.8 Å². The first kappa shape index (κ1) is 18.7. The fourth-order valence-corrected chi connectivity index (χ4v) is 2.91. The molecule has 1 fully saturated rings. The van der Waals surface area contributed by atoms with Gasteiger partial charge in [0.05, 0.1) is 5.92 Å². The molecule has 0 spiro atoms. The molecule has 136 valence electrons. The Morgan fingerprint density at radius 3 is 2.36 bits per heavy atom. The standard InChI is InChI=1S/C17H24N4O4/c1-10-7-14(16(24)19-11(10)2)17(25)21-6-5-20(12(3)22)8-13(9-21)15(23)18-4/h7,13H,5-6,8-9H2,1-4H3,(H,18,23)(H,19,24). The van der Waals surface area contributed by atoms with Crippen molar-refractivity contribution in [1.82, 2.24) is 20.1 Å². The van der Waals surface area contributed by atoms with Gasteiger partial charge in [0.1, 0.15) is 5.56 Å². The molecule has 0 aromatic carbocycles. The average molecular weight is 348 g/mol. The fourth-order valence-electron chi connectivity index (χ4n) is 2.91. The third-order valence-electron chi connectivity index (χ3n) is 4.60. The number of hydrogen-bond acceptors (Lipinski definition) is 4. The van der Waals surface area contributed by atoms with E-state index in [2.05, 4.69) is 10.3 Å². The van der Waals surface area contributed by atoms with Crippen molar-refractivity contribution in [2.75, 3.05) is 33.2 Å². The van der Waals surface area contributed by atoms with Crippen molar-refractivity contribution in [2.24, 2.45) is 5.92 Å². The Morgan fingerprint density at radius 2 is 1.76 bits per heavy atom. The molecule has 2 heterocycles. The Balaban J connectivity index is 2.32. The predicted octanol–water partition coefficient (Wildman–Crippen LogP) is -0.342. The minimum absolute atomic E-state index is 0.0510. The molecule has 8 nitrogen and oxygen atoms in total. The zero-order valence-corrected chi connectivity index (χ0v) is 15.0. The van der Waals surface area contributed by atoms with E-state index < -0.39 is 17.4 Å². The van der Waals surface area contributed by atoms with Crippen LogP contribution in [0.25, 0.3) is 0 Å². The zero-order chi connectivity index (χ0) is 18.7. The van der Waals surface area contributed by atoms with E-state index >= 15 is 0 Å². The second kappa shape index (κ2) is 7.50. The Hall–Kier alpha value is -2.64. The number of H-pyrrole nitrogens is 1. The van der Waals surface area contributed by atoms with Gasteiger partial charge in [0.25, 0.3) is 11.5 Å². The number of hydrogen-bond donors (Lipinski definition) is 2. The highest BCUT2D eigenvalue weighted by molar-refractivity contribution is 5.94. The highest BCUT2D eigenvalue weighted by Gasteiger charge is 2.31. The maximum Gasteiger partial charge on any atom is 0.261 e. The predicted molar refractivity (Wildman–Crippen MR) is 92.3 cm³/mol. The zero-order valence-electron chi connectivity index (χ0n) is 15.0. The van der Waals surface area contributed by atoms with Crippen molar-refractivity contribution in [1.29, 1.82) is 0 Å². The lowest BCUT2D eigenvalue weighted by Gasteiger charge is -2.23. The smallest absolute Gasteiger partial charge is 0.261 e. The van der Waals surface area contributed by atoms with Crippen LogP contribution in [0.4, 0.5) is 0 Å². The largest absolute Gasteiger partial charge is 0.359 e. The SMILES string of the molecule is CNC(=O)C1CN(C(C)=O)CCN(C(=O)c2cc(C)c(C)[nH]c2=O)C1. The molecule has 2 rings (SSSR count). The molecule has 1 aromatic rings. The molecule has 25 heavy (non-hydrogen) atoms. The first-order valence-electron chi connectivity index (χ1n) is 8.21. The lowest BCUT2D eigenvalue weighted by molar-refractivity contribution is -0.130. The van der Waals surface area contributed by atoms with Gasteiger partial charge < -0.3 is 20.1 Å². The van der Waals surface area contributed by atoms with Gasteiger partial charge in [-0.15, -0.1) is 0 Å². The quantitative estimate of drug-likeness (QED) is 0.763. The fraction of sp³-hybridized carbons (Fsp3) is 0.529. The van der Waals surface area contributed by atoms with E-state index in [4.69, 9.17) is 0 Å². The molecule has 0 bridgehead atoms. The molecule has 1 aliphatic heterocycles. The van der Waals surface area contributed by atoms with Gasteiger partial charge in [0.2, 0.25) is 11.8 Å². The van der Waals surface area contributed by atoms with Crippen molar-refractivity contribution >= 4 is 17.7 Å². The maximum absolute atomic E-state index is 12.8. The Labute approximate surface area is 146 Å². The van der Waals surface area contributed by atoms with Crippen molar-refractivity contribution in [3.8, 4) is 0 Å². The van der Waals surface area contributed by atoms with Crippen LogP contribution >= 0.6 is 0 Å². The van der Waals surface area contributed by atoms with Gasteiger partial charge in [0.15, 0.2) is 0 Å². The third kappa shape index (κ3) is 4.07. The lowest BCUT2D eigenvalue weighted by Crippen LogP contribution is -2.43. The van der Waals surface area contributed by atoms with Crippen molar-refractivity contribution in [3.05, 3.63) is 33.2 Å². The van der Waals surface area contributed by atoms with E-state index in [1.165, 1.54) is 18.9 Å². The molecule has 1 saturated heterocycles. The summed E-state index contributed by atoms with van der Waals surface area (Å²) < 4.78 is 0. The molecule has 0 radical (unpaired) electrons. The molecule has 1 aromatic heterocycles. The molecule has 1 aliphatic rings. The summed E-state index contributed by atoms with van der Waals surface area (Å²) in [5, 5.41) is 2.57. The van der Waals surface area contributed by atoms with Crippen LogP contribution in [0.1, 0.15) is 28.5 Å². The first-order chi connectivity index (χ1) is 11.7. The van der Waals surface area contributed by atoms with Crippen LogP contribution in [-0.2, 0) is 9.59 Å². The Kier molecular flexibility index (Phi) is 5.61. The van der Waals surface area contributed by atoms with Gasteiger partial charge in [0, 0.05) is 45.8 Å². The molecular formula is C17H24N4O4. The van der Waals surface area contributed by atoms with Crippen LogP contribution in [0, 0.1) is 19.8 Å². The van der Waals surface area contributed by atoms with Crippen LogP contribution in [0.3, 0.4) is 0 Å². The van der Waals surface area contributed by atoms with Crippen LogP contribution < -0.4 is 10.9 Å². The van der Waals surface area contributed by atoms with Gasteiger partial charge >= 0.3 is 0 Å². The van der Waals surface area contributed by atoms with Crippen LogP contribution in [-0.4, -0.2) is 65.7 Å². The molecule has 1 atom stereocenters. The van der Waals surface area contributed by atoms with Gasteiger partial charge in [-0.3, -0.25) is 19.2 Å². The summed E-state index contributed by atoms with van der Waals surface area (Å²) in [6.45, 7) is 6.04. The number of carbonyl (C=O) groups is 3. The van der Waals surface area contributed by atoms with Crippen molar-refractivity contribution < 1.29 is 14.4 Å². The minimum Gasteiger partial charge on any atom is -0.359 e. The highest BCUT2D eigenvalue weighted by Crippen LogP contribution is 2.14. The first-order valence-corrected chi connectivity index (χ1v) is 8.21. The summed E-state index contributed by atoms with van der Waals surface area (Å²) in [6.07, 6.45) is 0. The molecule has 3 amide bonds. The second-order valence-electron chi connectivity index (χ2n) is 6.35. The number of aromatic amines is 1. The van der Waals surface area contributed by atoms with Gasteiger partial charge in [-0.2, -0.15) is 0 Å². The molecule has 1 unspecified atom stereocenters. The molecule has 0 saturated carbocycles. The summed E-state index contributed by atoms with van der Waals surface area (Å²) in [4.78, 5) is 54.5. The van der Waals surface area contributed by atoms with E-state index in [0.717, 1.165) is 5.56 Å². The van der Waals surface area contributed by atoms with E-state index in [0.29, 0.717) is 12.2 Å². The topological polar surface area (TPSA) is 103 Å². The summed E-state index contributed by atoms with van der Waals surface area (Å²) >= 11 is 0. The second-order valence-corrected chi connectivity index (χ2v) is 6.35. The van der Waals surface area contributed by atoms with Crippen LogP contribution in [0.2, 0.25) is 0 Å². The molecule has 0 aliphatic carbocycles. The number of nitrogens with one attached hydrogen (secondary N) is 2. The maximum atomic E-state index is 12.8. The highest BCUT2D eigenvalue weighted by atomic mass is 16.2. The van der Waals surface area contributed by atoms with Gasteiger partial charge in [-0.05, 0) is 25.5 Å². The summed E-state index contributed by atoms with van der Waals surface area (Å²) in [6, 6.07) is 1.57. The summed E-state index contributed by atoms with van der Waals surface area (Å²) in [7, 11) is 1.52. The summed E-state index contributed by atoms with van der Waals surface area (Å²) in [5.41, 5.74) is 1.13. The number of carbonyl (C=O) groups excluding carboxylic acids is 3. The Morgan fingerprint density at radius 1 is 1.16 bits per heavy atom. The monoisotopic (exact) mass is 348 g/mol. The molecular weight excluding hydrogens is 324 g/mol. The van der Waals surface area contributed by atoms with Crippen LogP contribution in [0.15, 0.2) is 10.9 Å². The normalized spacial score (nSPS) is 17.8. The average Bonchev–Trinajstić information content (AvgIpc) is 2.80.